The van der Waals surface area contributed by atoms with Gasteiger partial charge in [0.2, 0.25) is 5.91 Å². The van der Waals surface area contributed by atoms with Crippen molar-refractivity contribution in [1.29, 1.82) is 0 Å². The Hall–Kier alpha value is -0.570. The molecule has 0 aromatic heterocycles. The second-order valence-electron chi connectivity index (χ2n) is 5.67. The molecule has 3 heteroatoms. The van der Waals surface area contributed by atoms with Gasteiger partial charge in [-0.2, -0.15) is 0 Å². The number of carbonyl (C=O) groups is 1. The zero-order valence-electron chi connectivity index (χ0n) is 11.9. The second-order valence-corrected chi connectivity index (χ2v) is 5.67. The van der Waals surface area contributed by atoms with Crippen molar-refractivity contribution < 1.29 is 4.79 Å². The largest absolute Gasteiger partial charge is 0.342 e. The fraction of sp³-hybridized carbons (Fsp3) is 0.929. The molecule has 0 aromatic rings. The summed E-state index contributed by atoms with van der Waals surface area (Å²) >= 11 is 0. The number of nitrogens with zero attached hydrogens (tertiary/aromatic N) is 1. The SMILES string of the molecule is CCC(C)CN(CC)C(=O)C1(C)CCNCC1. The van der Waals surface area contributed by atoms with Crippen LogP contribution in [0.25, 0.3) is 0 Å². The van der Waals surface area contributed by atoms with Gasteiger partial charge in [0.25, 0.3) is 0 Å². The summed E-state index contributed by atoms with van der Waals surface area (Å²) in [5, 5.41) is 3.33. The number of hydrogen-bond acceptors (Lipinski definition) is 2. The number of hydrogen-bond donors (Lipinski definition) is 1. The summed E-state index contributed by atoms with van der Waals surface area (Å²) in [5.41, 5.74) is -0.130. The van der Waals surface area contributed by atoms with E-state index < -0.39 is 0 Å². The monoisotopic (exact) mass is 240 g/mol. The van der Waals surface area contributed by atoms with Crippen molar-refractivity contribution in [3.8, 4) is 0 Å². The standard InChI is InChI=1S/C14H28N2O/c1-5-12(3)11-16(6-2)13(17)14(4)7-9-15-10-8-14/h12,15H,5-11H2,1-4H3. The lowest BCUT2D eigenvalue weighted by Crippen LogP contribution is -2.48. The minimum atomic E-state index is -0.130. The number of rotatable bonds is 5. The van der Waals surface area contributed by atoms with Gasteiger partial charge in [-0.05, 0) is 38.8 Å². The lowest BCUT2D eigenvalue weighted by molar-refractivity contribution is -0.143. The second kappa shape index (κ2) is 6.39. The molecule has 0 aliphatic carbocycles. The summed E-state index contributed by atoms with van der Waals surface area (Å²) in [4.78, 5) is 14.7. The van der Waals surface area contributed by atoms with Gasteiger partial charge in [0.05, 0.1) is 0 Å². The van der Waals surface area contributed by atoms with Crippen LogP contribution in [-0.4, -0.2) is 37.0 Å². The highest BCUT2D eigenvalue weighted by Crippen LogP contribution is 2.30. The summed E-state index contributed by atoms with van der Waals surface area (Å²) in [7, 11) is 0. The molecular formula is C14H28N2O. The molecule has 1 aliphatic heterocycles. The number of nitrogens with one attached hydrogen (secondary N) is 1. The van der Waals surface area contributed by atoms with E-state index in [0.29, 0.717) is 11.8 Å². The fourth-order valence-corrected chi connectivity index (χ4v) is 2.44. The van der Waals surface area contributed by atoms with Crippen LogP contribution in [0, 0.1) is 11.3 Å². The Morgan fingerprint density at radius 1 is 1.35 bits per heavy atom. The van der Waals surface area contributed by atoms with E-state index in [1.54, 1.807) is 0 Å². The predicted molar refractivity (Wildman–Crippen MR) is 71.9 cm³/mol. The van der Waals surface area contributed by atoms with Crippen molar-refractivity contribution in [2.75, 3.05) is 26.2 Å². The van der Waals surface area contributed by atoms with Crippen LogP contribution in [0.5, 0.6) is 0 Å². The molecule has 3 nitrogen and oxygen atoms in total. The molecule has 1 rings (SSSR count). The first-order valence-electron chi connectivity index (χ1n) is 7.03. The van der Waals surface area contributed by atoms with E-state index in [1.807, 2.05) is 0 Å². The first-order chi connectivity index (χ1) is 8.03. The Labute approximate surface area is 106 Å². The maximum atomic E-state index is 12.6. The Balaban J connectivity index is 2.64. The first kappa shape index (κ1) is 14.5. The predicted octanol–water partition coefficient (Wildman–Crippen LogP) is 2.27. The third kappa shape index (κ3) is 3.70. The van der Waals surface area contributed by atoms with Crippen LogP contribution in [0.15, 0.2) is 0 Å². The summed E-state index contributed by atoms with van der Waals surface area (Å²) in [6.07, 6.45) is 3.09. The van der Waals surface area contributed by atoms with E-state index in [2.05, 4.69) is 37.9 Å². The molecule has 0 bridgehead atoms. The zero-order valence-corrected chi connectivity index (χ0v) is 11.9. The lowest BCUT2D eigenvalue weighted by atomic mass is 9.79. The quantitative estimate of drug-likeness (QED) is 0.799. The van der Waals surface area contributed by atoms with Gasteiger partial charge in [0, 0.05) is 18.5 Å². The summed E-state index contributed by atoms with van der Waals surface area (Å²) in [6.45, 7) is 12.3. The molecule has 100 valence electrons. The van der Waals surface area contributed by atoms with Crippen molar-refractivity contribution in [3.05, 3.63) is 0 Å². The van der Waals surface area contributed by atoms with Gasteiger partial charge >= 0.3 is 0 Å². The molecule has 1 amide bonds. The maximum Gasteiger partial charge on any atom is 0.228 e. The van der Waals surface area contributed by atoms with Crippen molar-refractivity contribution in [2.45, 2.75) is 47.0 Å². The Morgan fingerprint density at radius 2 is 1.94 bits per heavy atom. The van der Waals surface area contributed by atoms with Crippen LogP contribution in [0.4, 0.5) is 0 Å². The molecule has 0 saturated carbocycles. The van der Waals surface area contributed by atoms with Crippen molar-refractivity contribution in [3.63, 3.8) is 0 Å². The van der Waals surface area contributed by atoms with E-state index in [4.69, 9.17) is 0 Å². The molecular weight excluding hydrogens is 212 g/mol. The van der Waals surface area contributed by atoms with E-state index in [9.17, 15) is 4.79 Å². The van der Waals surface area contributed by atoms with Gasteiger partial charge in [0.15, 0.2) is 0 Å². The third-order valence-corrected chi connectivity index (χ3v) is 4.12. The van der Waals surface area contributed by atoms with Crippen LogP contribution in [0.1, 0.15) is 47.0 Å². The highest BCUT2D eigenvalue weighted by molar-refractivity contribution is 5.82. The average molecular weight is 240 g/mol. The van der Waals surface area contributed by atoms with Gasteiger partial charge in [-0.25, -0.2) is 0 Å². The van der Waals surface area contributed by atoms with Crippen LogP contribution >= 0.6 is 0 Å². The molecule has 1 N–H and O–H groups in total. The summed E-state index contributed by atoms with van der Waals surface area (Å²) < 4.78 is 0. The highest BCUT2D eigenvalue weighted by Gasteiger charge is 2.37. The maximum absolute atomic E-state index is 12.6. The van der Waals surface area contributed by atoms with Gasteiger partial charge in [-0.3, -0.25) is 4.79 Å². The Kier molecular flexibility index (Phi) is 5.44. The van der Waals surface area contributed by atoms with E-state index in [0.717, 1.165) is 45.4 Å². The van der Waals surface area contributed by atoms with Gasteiger partial charge in [0.1, 0.15) is 0 Å². The molecule has 0 radical (unpaired) electrons. The minimum Gasteiger partial charge on any atom is -0.342 e. The number of amides is 1. The number of carbonyl (C=O) groups excluding carboxylic acids is 1. The zero-order chi connectivity index (χ0) is 12.9. The normalized spacial score (nSPS) is 20.9. The molecule has 1 atom stereocenters. The Morgan fingerprint density at radius 3 is 2.41 bits per heavy atom. The van der Waals surface area contributed by atoms with E-state index in [1.165, 1.54) is 0 Å². The first-order valence-corrected chi connectivity index (χ1v) is 7.03. The molecule has 1 aliphatic rings. The molecule has 1 fully saturated rings. The van der Waals surface area contributed by atoms with E-state index >= 15 is 0 Å². The summed E-state index contributed by atoms with van der Waals surface area (Å²) in [6, 6.07) is 0. The minimum absolute atomic E-state index is 0.130. The van der Waals surface area contributed by atoms with Crippen LogP contribution in [0.3, 0.4) is 0 Å². The molecule has 0 aromatic carbocycles. The van der Waals surface area contributed by atoms with Crippen LogP contribution in [-0.2, 0) is 4.79 Å². The van der Waals surface area contributed by atoms with Crippen molar-refractivity contribution in [1.82, 2.24) is 10.2 Å². The Bertz CT molecular complexity index is 247. The highest BCUT2D eigenvalue weighted by atomic mass is 16.2. The molecule has 1 unspecified atom stereocenters. The summed E-state index contributed by atoms with van der Waals surface area (Å²) in [5.74, 6) is 0.964. The van der Waals surface area contributed by atoms with Crippen LogP contribution < -0.4 is 5.32 Å². The molecule has 1 saturated heterocycles. The average Bonchev–Trinajstić information content (AvgIpc) is 2.35. The van der Waals surface area contributed by atoms with Gasteiger partial charge in [-0.1, -0.05) is 27.2 Å². The smallest absolute Gasteiger partial charge is 0.228 e. The third-order valence-electron chi connectivity index (χ3n) is 4.12. The molecule has 0 spiro atoms. The topological polar surface area (TPSA) is 32.3 Å². The van der Waals surface area contributed by atoms with Crippen LogP contribution in [0.2, 0.25) is 0 Å². The van der Waals surface area contributed by atoms with Gasteiger partial charge in [-0.15, -0.1) is 0 Å². The fourth-order valence-electron chi connectivity index (χ4n) is 2.44. The van der Waals surface area contributed by atoms with Crippen molar-refractivity contribution in [2.24, 2.45) is 11.3 Å². The number of piperidine rings is 1. The lowest BCUT2D eigenvalue weighted by Gasteiger charge is -2.38. The van der Waals surface area contributed by atoms with Gasteiger partial charge < -0.3 is 10.2 Å². The van der Waals surface area contributed by atoms with E-state index in [-0.39, 0.29) is 5.41 Å². The van der Waals surface area contributed by atoms with Crippen molar-refractivity contribution >= 4 is 5.91 Å². The molecule has 17 heavy (non-hydrogen) atoms. The molecule has 1 heterocycles.